The van der Waals surface area contributed by atoms with Gasteiger partial charge in [-0.05, 0) is 24.3 Å². The van der Waals surface area contributed by atoms with Crippen molar-refractivity contribution in [3.05, 3.63) is 52.5 Å². The van der Waals surface area contributed by atoms with Crippen molar-refractivity contribution in [1.29, 1.82) is 0 Å². The zero-order valence-corrected chi connectivity index (χ0v) is 15.9. The standard InChI is InChI=1S/C20H22ClNO4/c1-20(2,3)19(23)22-16-6-4-5-7-17(16)25-11-14-9-15(21)8-13-10-24-12-26-18(13)14/h4-9H,10-12H2,1-3H3,(H,22,23). The van der Waals surface area contributed by atoms with Gasteiger partial charge in [0.1, 0.15) is 18.1 Å². The molecule has 2 aromatic rings. The Hall–Kier alpha value is -2.24. The second-order valence-electron chi connectivity index (χ2n) is 7.15. The molecule has 138 valence electrons. The van der Waals surface area contributed by atoms with Crippen LogP contribution in [0.1, 0.15) is 31.9 Å². The summed E-state index contributed by atoms with van der Waals surface area (Å²) in [7, 11) is 0. The zero-order chi connectivity index (χ0) is 18.7. The molecule has 1 aliphatic heterocycles. The second-order valence-corrected chi connectivity index (χ2v) is 7.59. The van der Waals surface area contributed by atoms with Gasteiger partial charge in [-0.25, -0.2) is 0 Å². The van der Waals surface area contributed by atoms with Crippen LogP contribution in [0.2, 0.25) is 5.02 Å². The van der Waals surface area contributed by atoms with E-state index in [9.17, 15) is 4.79 Å². The Bertz CT molecular complexity index is 814. The quantitative estimate of drug-likeness (QED) is 0.836. The predicted octanol–water partition coefficient (Wildman–Crippen LogP) is 4.77. The summed E-state index contributed by atoms with van der Waals surface area (Å²) in [6, 6.07) is 11.0. The molecule has 1 N–H and O–H groups in total. The molecule has 0 atom stereocenters. The summed E-state index contributed by atoms with van der Waals surface area (Å²) in [6.07, 6.45) is 0. The number of benzene rings is 2. The van der Waals surface area contributed by atoms with Crippen LogP contribution < -0.4 is 14.8 Å². The maximum absolute atomic E-state index is 12.3. The van der Waals surface area contributed by atoms with E-state index < -0.39 is 5.41 Å². The third-order valence-electron chi connectivity index (χ3n) is 3.95. The van der Waals surface area contributed by atoms with Gasteiger partial charge >= 0.3 is 0 Å². The molecule has 0 bridgehead atoms. The topological polar surface area (TPSA) is 56.8 Å². The summed E-state index contributed by atoms with van der Waals surface area (Å²) < 4.78 is 16.9. The molecule has 0 unspecified atom stereocenters. The first-order chi connectivity index (χ1) is 12.3. The number of hydrogen-bond acceptors (Lipinski definition) is 4. The minimum atomic E-state index is -0.493. The van der Waals surface area contributed by atoms with Crippen LogP contribution >= 0.6 is 11.6 Å². The van der Waals surface area contributed by atoms with Crippen LogP contribution in [0.3, 0.4) is 0 Å². The lowest BCUT2D eigenvalue weighted by Gasteiger charge is -2.22. The molecule has 3 rings (SSSR count). The van der Waals surface area contributed by atoms with E-state index in [1.807, 2.05) is 57.2 Å². The first kappa shape index (κ1) is 18.5. The lowest BCUT2D eigenvalue weighted by molar-refractivity contribution is -0.123. The summed E-state index contributed by atoms with van der Waals surface area (Å²) in [6.45, 7) is 6.53. The lowest BCUT2D eigenvalue weighted by Crippen LogP contribution is -2.27. The van der Waals surface area contributed by atoms with Crippen LogP contribution in [0.15, 0.2) is 36.4 Å². The number of nitrogens with one attached hydrogen (secondary N) is 1. The molecular formula is C20H22ClNO4. The molecule has 5 nitrogen and oxygen atoms in total. The highest BCUT2D eigenvalue weighted by Gasteiger charge is 2.22. The monoisotopic (exact) mass is 375 g/mol. The van der Waals surface area contributed by atoms with E-state index in [4.69, 9.17) is 25.8 Å². The smallest absolute Gasteiger partial charge is 0.229 e. The summed E-state index contributed by atoms with van der Waals surface area (Å²) in [5.74, 6) is 1.26. The number of ether oxygens (including phenoxy) is 3. The zero-order valence-electron chi connectivity index (χ0n) is 15.1. The fraction of sp³-hybridized carbons (Fsp3) is 0.350. The van der Waals surface area contributed by atoms with Crippen LogP contribution in [-0.4, -0.2) is 12.7 Å². The normalized spacial score (nSPS) is 13.5. The van der Waals surface area contributed by atoms with Crippen molar-refractivity contribution in [2.45, 2.75) is 34.0 Å². The SMILES string of the molecule is CC(C)(C)C(=O)Nc1ccccc1OCc1cc(Cl)cc2c1OCOC2. The molecule has 1 amide bonds. The largest absolute Gasteiger partial charge is 0.487 e. The fourth-order valence-electron chi connectivity index (χ4n) is 2.53. The summed E-state index contributed by atoms with van der Waals surface area (Å²) >= 11 is 6.19. The molecule has 0 fully saturated rings. The minimum Gasteiger partial charge on any atom is -0.487 e. The highest BCUT2D eigenvalue weighted by atomic mass is 35.5. The van der Waals surface area contributed by atoms with E-state index in [0.717, 1.165) is 16.9 Å². The van der Waals surface area contributed by atoms with Gasteiger partial charge in [0.05, 0.1) is 12.3 Å². The molecule has 0 saturated heterocycles. The highest BCUT2D eigenvalue weighted by Crippen LogP contribution is 2.33. The Kier molecular flexibility index (Phi) is 5.39. The molecule has 2 aromatic carbocycles. The van der Waals surface area contributed by atoms with Gasteiger partial charge in [-0.3, -0.25) is 4.79 Å². The van der Waals surface area contributed by atoms with Gasteiger partial charge in [-0.2, -0.15) is 0 Å². The third kappa shape index (κ3) is 4.29. The molecule has 0 radical (unpaired) electrons. The predicted molar refractivity (Wildman–Crippen MR) is 101 cm³/mol. The maximum Gasteiger partial charge on any atom is 0.229 e. The Morgan fingerprint density at radius 2 is 2.04 bits per heavy atom. The van der Waals surface area contributed by atoms with Gasteiger partial charge in [0.2, 0.25) is 5.91 Å². The number of rotatable bonds is 4. The van der Waals surface area contributed by atoms with Crippen molar-refractivity contribution >= 4 is 23.2 Å². The average molecular weight is 376 g/mol. The van der Waals surface area contributed by atoms with E-state index in [1.54, 1.807) is 0 Å². The van der Waals surface area contributed by atoms with Crippen molar-refractivity contribution < 1.29 is 19.0 Å². The number of anilines is 1. The third-order valence-corrected chi connectivity index (χ3v) is 4.17. The van der Waals surface area contributed by atoms with E-state index in [-0.39, 0.29) is 19.3 Å². The number of carbonyl (C=O) groups is 1. The van der Waals surface area contributed by atoms with E-state index in [1.165, 1.54) is 0 Å². The molecule has 0 aromatic heterocycles. The first-order valence-corrected chi connectivity index (χ1v) is 8.77. The first-order valence-electron chi connectivity index (χ1n) is 8.40. The van der Waals surface area contributed by atoms with Gasteiger partial charge in [0, 0.05) is 21.6 Å². The van der Waals surface area contributed by atoms with Crippen molar-refractivity contribution in [1.82, 2.24) is 0 Å². The summed E-state index contributed by atoms with van der Waals surface area (Å²) in [5.41, 5.74) is 1.88. The Balaban J connectivity index is 1.79. The molecule has 1 heterocycles. The molecule has 0 saturated carbocycles. The van der Waals surface area contributed by atoms with Crippen LogP contribution in [-0.2, 0) is 22.7 Å². The Labute approximate surface area is 158 Å². The second kappa shape index (κ2) is 7.56. The maximum atomic E-state index is 12.3. The van der Waals surface area contributed by atoms with Crippen LogP contribution in [0.25, 0.3) is 0 Å². The van der Waals surface area contributed by atoms with Gasteiger partial charge < -0.3 is 19.5 Å². The minimum absolute atomic E-state index is 0.0748. The van der Waals surface area contributed by atoms with Gasteiger partial charge in [-0.15, -0.1) is 0 Å². The van der Waals surface area contributed by atoms with Crippen molar-refractivity contribution in [2.75, 3.05) is 12.1 Å². The molecule has 1 aliphatic rings. The lowest BCUT2D eigenvalue weighted by atomic mass is 9.95. The highest BCUT2D eigenvalue weighted by molar-refractivity contribution is 6.30. The van der Waals surface area contributed by atoms with E-state index >= 15 is 0 Å². The average Bonchev–Trinajstić information content (AvgIpc) is 2.59. The fourth-order valence-corrected chi connectivity index (χ4v) is 2.79. The van der Waals surface area contributed by atoms with E-state index in [2.05, 4.69) is 5.32 Å². The molecule has 26 heavy (non-hydrogen) atoms. The summed E-state index contributed by atoms with van der Waals surface area (Å²) in [4.78, 5) is 12.3. The molecule has 0 spiro atoms. The number of carbonyl (C=O) groups excluding carboxylic acids is 1. The van der Waals surface area contributed by atoms with Crippen LogP contribution in [0, 0.1) is 5.41 Å². The number of amides is 1. The molecular weight excluding hydrogens is 354 g/mol. The molecule has 0 aliphatic carbocycles. The van der Waals surface area contributed by atoms with Crippen molar-refractivity contribution in [2.24, 2.45) is 5.41 Å². The van der Waals surface area contributed by atoms with Gasteiger partial charge in [-0.1, -0.05) is 44.5 Å². The van der Waals surface area contributed by atoms with Crippen LogP contribution in [0.5, 0.6) is 11.5 Å². The number of hydrogen-bond donors (Lipinski definition) is 1. The number of halogens is 1. The van der Waals surface area contributed by atoms with Crippen molar-refractivity contribution in [3.63, 3.8) is 0 Å². The van der Waals surface area contributed by atoms with Gasteiger partial charge in [0.15, 0.2) is 6.79 Å². The van der Waals surface area contributed by atoms with E-state index in [0.29, 0.717) is 23.1 Å². The van der Waals surface area contributed by atoms with Crippen LogP contribution in [0.4, 0.5) is 5.69 Å². The molecule has 6 heteroatoms. The van der Waals surface area contributed by atoms with Gasteiger partial charge in [0.25, 0.3) is 0 Å². The summed E-state index contributed by atoms with van der Waals surface area (Å²) in [5, 5.41) is 3.52. The van der Waals surface area contributed by atoms with Crippen molar-refractivity contribution in [3.8, 4) is 11.5 Å². The number of fused-ring (bicyclic) bond motifs is 1. The Morgan fingerprint density at radius 1 is 1.27 bits per heavy atom. The Morgan fingerprint density at radius 3 is 2.81 bits per heavy atom. The number of para-hydroxylation sites is 2.